The molecule has 4 aromatic rings. The highest BCUT2D eigenvalue weighted by molar-refractivity contribution is 6.33. The van der Waals surface area contributed by atoms with E-state index in [2.05, 4.69) is 10.3 Å². The number of pyridine rings is 1. The molecule has 0 radical (unpaired) electrons. The van der Waals surface area contributed by atoms with Gasteiger partial charge < -0.3 is 10.4 Å². The van der Waals surface area contributed by atoms with Crippen molar-refractivity contribution in [1.82, 2.24) is 4.98 Å². The highest BCUT2D eigenvalue weighted by atomic mass is 35.5. The number of Topliss-reactive ketones (excluding diaryl/α,β-unsaturated/α-hetero) is 1. The van der Waals surface area contributed by atoms with Gasteiger partial charge in [-0.05, 0) is 65.6 Å². The zero-order chi connectivity index (χ0) is 26.4. The van der Waals surface area contributed by atoms with Gasteiger partial charge >= 0.3 is 5.97 Å². The molecule has 0 saturated carbocycles. The number of nitrogens with one attached hydrogen (secondary N) is 1. The number of rotatable bonds is 10. The van der Waals surface area contributed by atoms with Crippen molar-refractivity contribution in [2.75, 3.05) is 5.32 Å². The van der Waals surface area contributed by atoms with Crippen molar-refractivity contribution in [3.05, 3.63) is 106 Å². The van der Waals surface area contributed by atoms with E-state index in [4.69, 9.17) is 28.3 Å². The second kappa shape index (κ2) is 12.0. The first kappa shape index (κ1) is 26.3. The van der Waals surface area contributed by atoms with Crippen LogP contribution in [0, 0.1) is 5.82 Å². The predicted molar refractivity (Wildman–Crippen MR) is 145 cm³/mol. The number of aromatic nitrogens is 1. The van der Waals surface area contributed by atoms with Crippen molar-refractivity contribution >= 4 is 40.6 Å². The Kier molecular flexibility index (Phi) is 8.54. The van der Waals surface area contributed by atoms with Crippen LogP contribution in [0.25, 0.3) is 22.3 Å². The molecule has 2 N–H and O–H groups in total. The molecule has 1 aromatic heterocycles. The summed E-state index contributed by atoms with van der Waals surface area (Å²) in [5, 5.41) is 13.0. The monoisotopic (exact) mass is 536 g/mol. The molecule has 0 saturated heterocycles. The molecule has 0 fully saturated rings. The molecule has 0 bridgehead atoms. The molecular weight excluding hydrogens is 514 g/mol. The van der Waals surface area contributed by atoms with Gasteiger partial charge in [0.25, 0.3) is 0 Å². The summed E-state index contributed by atoms with van der Waals surface area (Å²) in [5.41, 5.74) is 4.82. The zero-order valence-corrected chi connectivity index (χ0v) is 21.2. The molecule has 0 atom stereocenters. The van der Waals surface area contributed by atoms with Crippen LogP contribution in [0.3, 0.4) is 0 Å². The summed E-state index contributed by atoms with van der Waals surface area (Å²) in [7, 11) is 0. The Morgan fingerprint density at radius 2 is 1.68 bits per heavy atom. The Morgan fingerprint density at radius 3 is 2.35 bits per heavy atom. The van der Waals surface area contributed by atoms with Gasteiger partial charge in [0.05, 0.1) is 5.02 Å². The van der Waals surface area contributed by atoms with Crippen LogP contribution in [-0.2, 0) is 11.3 Å². The predicted octanol–water partition coefficient (Wildman–Crippen LogP) is 7.91. The summed E-state index contributed by atoms with van der Waals surface area (Å²) in [6.07, 6.45) is 1.97. The van der Waals surface area contributed by atoms with Gasteiger partial charge in [0.15, 0.2) is 5.78 Å². The van der Waals surface area contributed by atoms with Crippen molar-refractivity contribution in [3.8, 4) is 22.3 Å². The van der Waals surface area contributed by atoms with Gasteiger partial charge in [-0.15, -0.1) is 0 Å². The third-order valence-electron chi connectivity index (χ3n) is 5.85. The molecule has 8 heteroatoms. The number of nitrogens with zero attached hydrogens (tertiary/aromatic N) is 1. The lowest BCUT2D eigenvalue weighted by Crippen LogP contribution is -2.04. The van der Waals surface area contributed by atoms with E-state index < -0.39 is 5.97 Å². The minimum absolute atomic E-state index is 0.0533. The smallest absolute Gasteiger partial charge is 0.303 e. The number of hydrogen-bond acceptors (Lipinski definition) is 4. The number of ketones is 1. The number of anilines is 1. The molecule has 188 valence electrons. The van der Waals surface area contributed by atoms with Crippen LogP contribution >= 0.6 is 23.2 Å². The van der Waals surface area contributed by atoms with Crippen LogP contribution in [0.2, 0.25) is 10.0 Å². The van der Waals surface area contributed by atoms with Gasteiger partial charge in [0, 0.05) is 47.4 Å². The number of carbonyl (C=O) groups excluding carboxylic acids is 1. The topological polar surface area (TPSA) is 79.3 Å². The highest BCUT2D eigenvalue weighted by Crippen LogP contribution is 2.32. The Balaban J connectivity index is 1.47. The van der Waals surface area contributed by atoms with Crippen molar-refractivity contribution in [3.63, 3.8) is 0 Å². The third-order valence-corrected chi connectivity index (χ3v) is 6.40. The summed E-state index contributed by atoms with van der Waals surface area (Å²) in [4.78, 5) is 27.2. The van der Waals surface area contributed by atoms with Crippen LogP contribution < -0.4 is 5.32 Å². The molecule has 0 aliphatic carbocycles. The molecule has 0 aliphatic heterocycles. The molecule has 37 heavy (non-hydrogen) atoms. The van der Waals surface area contributed by atoms with Gasteiger partial charge in [0.2, 0.25) is 0 Å². The number of carbonyl (C=O) groups is 2. The summed E-state index contributed by atoms with van der Waals surface area (Å²) < 4.78 is 14.2. The summed E-state index contributed by atoms with van der Waals surface area (Å²) in [6.45, 7) is 0.488. The first-order valence-corrected chi connectivity index (χ1v) is 12.4. The normalized spacial score (nSPS) is 10.8. The third kappa shape index (κ3) is 6.73. The fourth-order valence-corrected chi connectivity index (χ4v) is 4.39. The first-order valence-electron chi connectivity index (χ1n) is 11.6. The molecule has 1 heterocycles. The first-order chi connectivity index (χ1) is 17.8. The minimum atomic E-state index is -0.927. The summed E-state index contributed by atoms with van der Waals surface area (Å²) >= 11 is 12.4. The number of aliphatic carboxylic acids is 1. The average molecular weight is 537 g/mol. The maximum Gasteiger partial charge on any atom is 0.303 e. The van der Waals surface area contributed by atoms with Crippen LogP contribution in [0.15, 0.2) is 79.0 Å². The van der Waals surface area contributed by atoms with Crippen LogP contribution in [-0.4, -0.2) is 21.8 Å². The lowest BCUT2D eigenvalue weighted by Gasteiger charge is -2.13. The van der Waals surface area contributed by atoms with Crippen molar-refractivity contribution in [2.45, 2.75) is 25.8 Å². The number of halogens is 3. The highest BCUT2D eigenvalue weighted by Gasteiger charge is 2.12. The fourth-order valence-electron chi connectivity index (χ4n) is 3.94. The molecule has 3 aromatic carbocycles. The molecule has 0 aliphatic rings. The lowest BCUT2D eigenvalue weighted by atomic mass is 10.00. The number of carboxylic acid groups (broad SMARTS) is 1. The van der Waals surface area contributed by atoms with E-state index in [0.717, 1.165) is 22.4 Å². The van der Waals surface area contributed by atoms with E-state index in [-0.39, 0.29) is 30.9 Å². The van der Waals surface area contributed by atoms with Gasteiger partial charge in [-0.2, -0.15) is 0 Å². The maximum atomic E-state index is 14.2. The van der Waals surface area contributed by atoms with E-state index in [9.17, 15) is 14.0 Å². The molecule has 0 spiro atoms. The number of benzene rings is 3. The Bertz CT molecular complexity index is 1400. The largest absolute Gasteiger partial charge is 0.481 e. The Morgan fingerprint density at radius 1 is 0.919 bits per heavy atom. The summed E-state index contributed by atoms with van der Waals surface area (Å²) in [6, 6.07) is 21.0. The number of hydrogen-bond donors (Lipinski definition) is 2. The van der Waals surface area contributed by atoms with Crippen molar-refractivity contribution in [2.24, 2.45) is 0 Å². The zero-order valence-electron chi connectivity index (χ0n) is 19.7. The van der Waals surface area contributed by atoms with E-state index in [1.54, 1.807) is 36.5 Å². The quantitative estimate of drug-likeness (QED) is 0.201. The standard InChI is InChI=1S/C29H23Cl2FN2O3/c30-21-11-7-19(16-33-22-12-8-18(9-13-22)29-24(31)3-1-4-25(29)32)23(15-21)20-10-14-26(34-17-20)27(35)5-2-6-28(36)37/h1,3-4,7-15,17,33H,2,5-6,16H2,(H,36,37). The van der Waals surface area contributed by atoms with Crippen LogP contribution in [0.1, 0.15) is 35.3 Å². The lowest BCUT2D eigenvalue weighted by molar-refractivity contribution is -0.137. The van der Waals surface area contributed by atoms with Gasteiger partial charge in [-0.1, -0.05) is 53.5 Å². The molecule has 0 amide bonds. The Hall–Kier alpha value is -3.74. The van der Waals surface area contributed by atoms with Crippen molar-refractivity contribution in [1.29, 1.82) is 0 Å². The average Bonchev–Trinajstić information content (AvgIpc) is 2.88. The van der Waals surface area contributed by atoms with E-state index in [1.807, 2.05) is 36.4 Å². The van der Waals surface area contributed by atoms with E-state index in [0.29, 0.717) is 33.4 Å². The molecule has 4 rings (SSSR count). The molecular formula is C29H23Cl2FN2O3. The maximum absolute atomic E-state index is 14.2. The fraction of sp³-hybridized carbons (Fsp3) is 0.138. The second-order valence-corrected chi connectivity index (χ2v) is 9.28. The van der Waals surface area contributed by atoms with Gasteiger partial charge in [0.1, 0.15) is 11.5 Å². The minimum Gasteiger partial charge on any atom is -0.481 e. The van der Waals surface area contributed by atoms with E-state index >= 15 is 0 Å². The Labute approximate surface area is 223 Å². The second-order valence-electron chi connectivity index (χ2n) is 8.43. The molecule has 0 unspecified atom stereocenters. The summed E-state index contributed by atoms with van der Waals surface area (Å²) in [5.74, 6) is -1.50. The van der Waals surface area contributed by atoms with E-state index in [1.165, 1.54) is 6.07 Å². The van der Waals surface area contributed by atoms with Gasteiger partial charge in [-0.25, -0.2) is 4.39 Å². The van der Waals surface area contributed by atoms with Gasteiger partial charge in [-0.3, -0.25) is 14.6 Å². The number of carboxylic acids is 1. The SMILES string of the molecule is O=C(O)CCCC(=O)c1ccc(-c2cc(Cl)ccc2CNc2ccc(-c3c(F)cccc3Cl)cc2)cn1. The van der Waals surface area contributed by atoms with Crippen LogP contribution in [0.4, 0.5) is 10.1 Å². The van der Waals surface area contributed by atoms with Crippen LogP contribution in [0.5, 0.6) is 0 Å². The molecule has 5 nitrogen and oxygen atoms in total. The van der Waals surface area contributed by atoms with Crippen molar-refractivity contribution < 1.29 is 19.1 Å².